The van der Waals surface area contributed by atoms with Gasteiger partial charge in [-0.3, -0.25) is 9.59 Å². The summed E-state index contributed by atoms with van der Waals surface area (Å²) in [5.41, 5.74) is 1.14. The summed E-state index contributed by atoms with van der Waals surface area (Å²) in [7, 11) is 0. The van der Waals surface area contributed by atoms with E-state index in [0.29, 0.717) is 41.4 Å². The van der Waals surface area contributed by atoms with Crippen molar-refractivity contribution in [2.24, 2.45) is 5.92 Å². The minimum absolute atomic E-state index is 0.0889. The molecule has 0 aromatic carbocycles. The van der Waals surface area contributed by atoms with Crippen molar-refractivity contribution in [3.8, 4) is 0 Å². The second-order valence-electron chi connectivity index (χ2n) is 5.26. The minimum atomic E-state index is -0.786. The Balaban J connectivity index is 2.13. The van der Waals surface area contributed by atoms with Crippen LogP contribution in [0.3, 0.4) is 0 Å². The summed E-state index contributed by atoms with van der Waals surface area (Å²) in [5.74, 6) is -0.717. The van der Waals surface area contributed by atoms with Crippen molar-refractivity contribution in [1.82, 2.24) is 15.3 Å². The van der Waals surface area contributed by atoms with Crippen LogP contribution in [0.25, 0.3) is 0 Å². The van der Waals surface area contributed by atoms with E-state index in [4.69, 9.17) is 5.11 Å². The zero-order valence-corrected chi connectivity index (χ0v) is 13.2. The molecule has 2 unspecified atom stereocenters. The Kier molecular flexibility index (Phi) is 4.82. The lowest BCUT2D eigenvalue weighted by Crippen LogP contribution is -2.34. The van der Waals surface area contributed by atoms with Crippen LogP contribution in [0.4, 0.5) is 0 Å². The van der Waals surface area contributed by atoms with Crippen molar-refractivity contribution in [2.75, 3.05) is 6.26 Å². The van der Waals surface area contributed by atoms with E-state index in [0.717, 1.165) is 0 Å². The zero-order valence-electron chi connectivity index (χ0n) is 12.3. The Labute approximate surface area is 127 Å². The summed E-state index contributed by atoms with van der Waals surface area (Å²) >= 11 is 1.41. The lowest BCUT2D eigenvalue weighted by molar-refractivity contribution is -0.141. The van der Waals surface area contributed by atoms with Crippen LogP contribution in [0.2, 0.25) is 0 Å². The molecule has 1 aliphatic carbocycles. The molecule has 2 atom stereocenters. The molecule has 2 N–H and O–H groups in total. The number of nitrogens with zero attached hydrogens (tertiary/aromatic N) is 2. The summed E-state index contributed by atoms with van der Waals surface area (Å²) in [6.45, 7) is 3.58. The normalized spacial score (nSPS) is 21.3. The number of rotatable bonds is 4. The first-order chi connectivity index (χ1) is 9.92. The van der Waals surface area contributed by atoms with Crippen LogP contribution < -0.4 is 5.32 Å². The SMILES string of the molecule is CSc1nc(C)nc(C)c1C(=O)NC1CCC(C(=O)O)C1. The number of carboxylic acid groups (broad SMARTS) is 1. The van der Waals surface area contributed by atoms with Gasteiger partial charge in [0.2, 0.25) is 0 Å². The Morgan fingerprint density at radius 1 is 1.29 bits per heavy atom. The van der Waals surface area contributed by atoms with Gasteiger partial charge in [0.05, 0.1) is 17.2 Å². The van der Waals surface area contributed by atoms with E-state index in [1.807, 2.05) is 6.26 Å². The van der Waals surface area contributed by atoms with Crippen LogP contribution in [0.15, 0.2) is 5.03 Å². The highest BCUT2D eigenvalue weighted by molar-refractivity contribution is 7.98. The van der Waals surface area contributed by atoms with E-state index >= 15 is 0 Å². The van der Waals surface area contributed by atoms with Crippen molar-refractivity contribution in [3.63, 3.8) is 0 Å². The molecule has 21 heavy (non-hydrogen) atoms. The quantitative estimate of drug-likeness (QED) is 0.651. The topological polar surface area (TPSA) is 92.2 Å². The molecule has 1 saturated carbocycles. The summed E-state index contributed by atoms with van der Waals surface area (Å²) in [5, 5.41) is 12.6. The van der Waals surface area contributed by atoms with Crippen LogP contribution >= 0.6 is 11.8 Å². The summed E-state index contributed by atoms with van der Waals surface area (Å²) in [4.78, 5) is 31.9. The second-order valence-corrected chi connectivity index (χ2v) is 6.05. The summed E-state index contributed by atoms with van der Waals surface area (Å²) in [6, 6.07) is -0.0889. The van der Waals surface area contributed by atoms with Gasteiger partial charge in [-0.15, -0.1) is 11.8 Å². The van der Waals surface area contributed by atoms with Crippen molar-refractivity contribution >= 4 is 23.6 Å². The van der Waals surface area contributed by atoms with E-state index in [9.17, 15) is 9.59 Å². The number of nitrogens with one attached hydrogen (secondary N) is 1. The van der Waals surface area contributed by atoms with Crippen LogP contribution in [-0.2, 0) is 4.79 Å². The van der Waals surface area contributed by atoms with Crippen molar-refractivity contribution in [3.05, 3.63) is 17.1 Å². The van der Waals surface area contributed by atoms with Gasteiger partial charge >= 0.3 is 5.97 Å². The molecule has 1 fully saturated rings. The number of carbonyl (C=O) groups is 2. The molecule has 2 rings (SSSR count). The van der Waals surface area contributed by atoms with E-state index in [1.54, 1.807) is 13.8 Å². The number of carbonyl (C=O) groups excluding carboxylic acids is 1. The van der Waals surface area contributed by atoms with Crippen LogP contribution in [-0.4, -0.2) is 39.2 Å². The van der Waals surface area contributed by atoms with Crippen molar-refractivity contribution in [2.45, 2.75) is 44.2 Å². The Morgan fingerprint density at radius 3 is 2.57 bits per heavy atom. The summed E-state index contributed by atoms with van der Waals surface area (Å²) < 4.78 is 0. The van der Waals surface area contributed by atoms with Gasteiger partial charge in [-0.2, -0.15) is 0 Å². The van der Waals surface area contributed by atoms with Gasteiger partial charge in [-0.1, -0.05) is 0 Å². The third kappa shape index (κ3) is 3.53. The number of amides is 1. The smallest absolute Gasteiger partial charge is 0.306 e. The standard InChI is InChI=1S/C14H19N3O3S/c1-7-11(13(21-3)16-8(2)15-7)12(18)17-10-5-4-9(6-10)14(19)20/h9-10H,4-6H2,1-3H3,(H,17,18)(H,19,20). The molecule has 0 radical (unpaired) electrons. The minimum Gasteiger partial charge on any atom is -0.481 e. The number of hydrogen-bond acceptors (Lipinski definition) is 5. The predicted octanol–water partition coefficient (Wildman–Crippen LogP) is 1.80. The zero-order chi connectivity index (χ0) is 15.6. The van der Waals surface area contributed by atoms with Gasteiger partial charge in [-0.05, 0) is 39.4 Å². The van der Waals surface area contributed by atoms with E-state index in [-0.39, 0.29) is 17.9 Å². The molecule has 7 heteroatoms. The van der Waals surface area contributed by atoms with Gasteiger partial charge in [0.25, 0.3) is 5.91 Å². The highest BCUT2D eigenvalue weighted by Gasteiger charge is 2.31. The summed E-state index contributed by atoms with van der Waals surface area (Å²) in [6.07, 6.45) is 3.66. The maximum absolute atomic E-state index is 12.4. The average Bonchev–Trinajstić information content (AvgIpc) is 2.86. The number of aryl methyl sites for hydroxylation is 2. The molecule has 6 nitrogen and oxygen atoms in total. The second kappa shape index (κ2) is 6.43. The van der Waals surface area contributed by atoms with Gasteiger partial charge < -0.3 is 10.4 Å². The molecule has 0 saturated heterocycles. The molecule has 0 bridgehead atoms. The van der Waals surface area contributed by atoms with Gasteiger partial charge in [0.1, 0.15) is 10.9 Å². The van der Waals surface area contributed by atoms with Gasteiger partial charge in [0, 0.05) is 6.04 Å². The molecule has 0 aliphatic heterocycles. The van der Waals surface area contributed by atoms with Crippen molar-refractivity contribution < 1.29 is 14.7 Å². The van der Waals surface area contributed by atoms with Crippen LogP contribution in [0, 0.1) is 19.8 Å². The maximum Gasteiger partial charge on any atom is 0.306 e. The van der Waals surface area contributed by atoms with Gasteiger partial charge in [0.15, 0.2) is 0 Å². The fourth-order valence-corrected chi connectivity index (χ4v) is 3.35. The average molecular weight is 309 g/mol. The lowest BCUT2D eigenvalue weighted by Gasteiger charge is -2.15. The number of hydrogen-bond donors (Lipinski definition) is 2. The molecular weight excluding hydrogens is 290 g/mol. The number of aromatic nitrogens is 2. The first kappa shape index (κ1) is 15.8. The van der Waals surface area contributed by atoms with E-state index in [1.165, 1.54) is 11.8 Å². The Bertz CT molecular complexity index is 577. The fraction of sp³-hybridized carbons (Fsp3) is 0.571. The largest absolute Gasteiger partial charge is 0.481 e. The predicted molar refractivity (Wildman–Crippen MR) is 79.5 cm³/mol. The third-order valence-electron chi connectivity index (χ3n) is 3.71. The monoisotopic (exact) mass is 309 g/mol. The van der Waals surface area contributed by atoms with Crippen molar-refractivity contribution in [1.29, 1.82) is 0 Å². The Morgan fingerprint density at radius 2 is 2.00 bits per heavy atom. The van der Waals surface area contributed by atoms with E-state index < -0.39 is 5.97 Å². The number of carboxylic acids is 1. The lowest BCUT2D eigenvalue weighted by atomic mass is 10.1. The molecule has 114 valence electrons. The molecule has 1 amide bonds. The van der Waals surface area contributed by atoms with Crippen LogP contribution in [0.5, 0.6) is 0 Å². The first-order valence-electron chi connectivity index (χ1n) is 6.85. The molecule has 1 aliphatic rings. The fourth-order valence-electron chi connectivity index (χ4n) is 2.68. The number of thioether (sulfide) groups is 1. The number of aliphatic carboxylic acids is 1. The first-order valence-corrected chi connectivity index (χ1v) is 8.07. The molecule has 0 spiro atoms. The molecular formula is C14H19N3O3S. The molecule has 1 aromatic heterocycles. The van der Waals surface area contributed by atoms with Gasteiger partial charge in [-0.25, -0.2) is 9.97 Å². The third-order valence-corrected chi connectivity index (χ3v) is 4.39. The highest BCUT2D eigenvalue weighted by Crippen LogP contribution is 2.27. The highest BCUT2D eigenvalue weighted by atomic mass is 32.2. The van der Waals surface area contributed by atoms with E-state index in [2.05, 4.69) is 15.3 Å². The Hall–Kier alpha value is -1.63. The molecule has 1 aromatic rings. The maximum atomic E-state index is 12.4. The molecule has 1 heterocycles. The van der Waals surface area contributed by atoms with Crippen LogP contribution in [0.1, 0.15) is 41.1 Å².